The van der Waals surface area contributed by atoms with E-state index in [4.69, 9.17) is 16.3 Å². The van der Waals surface area contributed by atoms with Gasteiger partial charge in [0, 0.05) is 23.8 Å². The molecule has 0 radical (unpaired) electrons. The summed E-state index contributed by atoms with van der Waals surface area (Å²) in [5.74, 6) is -1.36. The van der Waals surface area contributed by atoms with E-state index in [9.17, 15) is 19.7 Å². The monoisotopic (exact) mass is 436 g/mol. The molecule has 0 bridgehead atoms. The fourth-order valence-corrected chi connectivity index (χ4v) is 2.92. The number of esters is 1. The highest BCUT2D eigenvalue weighted by Gasteiger charge is 2.25. The van der Waals surface area contributed by atoms with Gasteiger partial charge in [0.1, 0.15) is 0 Å². The zero-order chi connectivity index (χ0) is 22.2. The highest BCUT2D eigenvalue weighted by molar-refractivity contribution is 6.34. The maximum atomic E-state index is 12.9. The van der Waals surface area contributed by atoms with Crippen molar-refractivity contribution in [3.63, 3.8) is 0 Å². The minimum atomic E-state index is -1.25. The van der Waals surface area contributed by atoms with Gasteiger partial charge in [-0.05, 0) is 17.7 Å². The van der Waals surface area contributed by atoms with Gasteiger partial charge in [-0.15, -0.1) is 0 Å². The summed E-state index contributed by atoms with van der Waals surface area (Å²) in [4.78, 5) is 35.5. The van der Waals surface area contributed by atoms with E-state index in [1.807, 2.05) is 30.3 Å². The molecule has 7 nitrogen and oxygen atoms in total. The molecular formula is C23H17ClN2O5. The van der Waals surface area contributed by atoms with Crippen LogP contribution in [0.4, 0.5) is 11.4 Å². The second kappa shape index (κ2) is 10.2. The molecule has 3 aromatic carbocycles. The second-order valence-corrected chi connectivity index (χ2v) is 6.79. The van der Waals surface area contributed by atoms with Crippen LogP contribution in [0.1, 0.15) is 17.2 Å². The second-order valence-electron chi connectivity index (χ2n) is 6.38. The molecule has 0 aliphatic heterocycles. The molecule has 31 heavy (non-hydrogen) atoms. The third-order valence-corrected chi connectivity index (χ3v) is 4.52. The Bertz CT molecular complexity index is 1120. The molecule has 0 aliphatic carbocycles. The van der Waals surface area contributed by atoms with E-state index in [-0.39, 0.29) is 16.4 Å². The Morgan fingerprint density at radius 3 is 2.26 bits per heavy atom. The number of rotatable bonds is 7. The van der Waals surface area contributed by atoms with Crippen molar-refractivity contribution in [2.75, 3.05) is 5.32 Å². The average Bonchev–Trinajstić information content (AvgIpc) is 2.78. The van der Waals surface area contributed by atoms with Crippen molar-refractivity contribution in [3.05, 3.63) is 111 Å². The first-order chi connectivity index (χ1) is 14.9. The predicted molar refractivity (Wildman–Crippen MR) is 117 cm³/mol. The Morgan fingerprint density at radius 1 is 1.00 bits per heavy atom. The number of halogens is 1. The number of hydrogen-bond donors (Lipinski definition) is 1. The first-order valence-electron chi connectivity index (χ1n) is 9.17. The Hall–Kier alpha value is -3.97. The van der Waals surface area contributed by atoms with E-state index in [0.29, 0.717) is 5.56 Å². The summed E-state index contributed by atoms with van der Waals surface area (Å²) in [6.45, 7) is 0. The maximum absolute atomic E-state index is 12.9. The lowest BCUT2D eigenvalue weighted by atomic mass is 10.1. The molecule has 0 spiro atoms. The van der Waals surface area contributed by atoms with Gasteiger partial charge in [-0.3, -0.25) is 14.9 Å². The number of carbonyl (C=O) groups excluding carboxylic acids is 2. The van der Waals surface area contributed by atoms with Crippen LogP contribution in [0.3, 0.4) is 0 Å². The van der Waals surface area contributed by atoms with Gasteiger partial charge < -0.3 is 10.1 Å². The summed E-state index contributed by atoms with van der Waals surface area (Å²) in [7, 11) is 0. The number of amides is 1. The van der Waals surface area contributed by atoms with E-state index >= 15 is 0 Å². The zero-order valence-electron chi connectivity index (χ0n) is 16.1. The van der Waals surface area contributed by atoms with Crippen LogP contribution in [0.15, 0.2) is 84.9 Å². The Labute approximate surface area is 183 Å². The van der Waals surface area contributed by atoms with Gasteiger partial charge in [0.25, 0.3) is 11.6 Å². The quantitative estimate of drug-likeness (QED) is 0.238. The van der Waals surface area contributed by atoms with E-state index in [1.54, 1.807) is 36.4 Å². The van der Waals surface area contributed by atoms with Gasteiger partial charge in [0.05, 0.1) is 15.6 Å². The zero-order valence-corrected chi connectivity index (χ0v) is 16.9. The molecule has 0 saturated carbocycles. The number of hydrogen-bond acceptors (Lipinski definition) is 5. The smallest absolute Gasteiger partial charge is 0.331 e. The van der Waals surface area contributed by atoms with E-state index in [0.717, 1.165) is 11.6 Å². The Balaban J connectivity index is 1.79. The number of carbonyl (C=O) groups is 2. The highest BCUT2D eigenvalue weighted by Crippen LogP contribution is 2.28. The van der Waals surface area contributed by atoms with Crippen molar-refractivity contribution in [2.45, 2.75) is 6.10 Å². The third kappa shape index (κ3) is 6.01. The number of benzene rings is 3. The standard InChI is InChI=1S/C23H17ClN2O5/c24-19-15-18(26(29)30)12-13-20(19)25-23(28)22(17-9-5-2-6-10-17)31-21(27)14-11-16-7-3-1-4-8-16/h1-15,22H,(H,25,28)/b14-11+. The molecule has 1 unspecified atom stereocenters. The van der Waals surface area contributed by atoms with Crippen LogP contribution in [0.2, 0.25) is 5.02 Å². The predicted octanol–water partition coefficient (Wildman–Crippen LogP) is 5.18. The molecule has 0 aliphatic rings. The van der Waals surface area contributed by atoms with Crippen LogP contribution >= 0.6 is 11.6 Å². The Kier molecular flexibility index (Phi) is 7.13. The van der Waals surface area contributed by atoms with Crippen LogP contribution in [0, 0.1) is 10.1 Å². The van der Waals surface area contributed by atoms with Crippen LogP contribution in [-0.4, -0.2) is 16.8 Å². The summed E-state index contributed by atoms with van der Waals surface area (Å²) in [5.41, 5.74) is 1.21. The molecule has 8 heteroatoms. The lowest BCUT2D eigenvalue weighted by molar-refractivity contribution is -0.384. The summed E-state index contributed by atoms with van der Waals surface area (Å²) in [6.07, 6.45) is 1.56. The Morgan fingerprint density at radius 2 is 1.65 bits per heavy atom. The van der Waals surface area contributed by atoms with Gasteiger partial charge in [-0.25, -0.2) is 4.79 Å². The lowest BCUT2D eigenvalue weighted by Gasteiger charge is -2.17. The van der Waals surface area contributed by atoms with Crippen LogP contribution in [0.5, 0.6) is 0 Å². The fourth-order valence-electron chi connectivity index (χ4n) is 2.70. The van der Waals surface area contributed by atoms with E-state index < -0.39 is 22.9 Å². The van der Waals surface area contributed by atoms with Crippen molar-refractivity contribution >= 4 is 40.9 Å². The van der Waals surface area contributed by atoms with Crippen molar-refractivity contribution < 1.29 is 19.2 Å². The van der Waals surface area contributed by atoms with Gasteiger partial charge in [-0.2, -0.15) is 0 Å². The maximum Gasteiger partial charge on any atom is 0.331 e. The van der Waals surface area contributed by atoms with Gasteiger partial charge in [-0.1, -0.05) is 72.3 Å². The first kappa shape index (κ1) is 21.7. The topological polar surface area (TPSA) is 98.5 Å². The summed E-state index contributed by atoms with van der Waals surface area (Å²) >= 11 is 6.05. The molecule has 1 atom stereocenters. The molecule has 0 heterocycles. The first-order valence-corrected chi connectivity index (χ1v) is 9.55. The minimum absolute atomic E-state index is 0.00957. The number of nitrogens with one attached hydrogen (secondary N) is 1. The molecule has 156 valence electrons. The largest absolute Gasteiger partial charge is 0.444 e. The summed E-state index contributed by atoms with van der Waals surface area (Å²) < 4.78 is 5.41. The number of anilines is 1. The number of ether oxygens (including phenoxy) is 1. The minimum Gasteiger partial charge on any atom is -0.444 e. The molecule has 0 fully saturated rings. The van der Waals surface area contributed by atoms with Gasteiger partial charge in [0.15, 0.2) is 0 Å². The van der Waals surface area contributed by atoms with Gasteiger partial charge >= 0.3 is 5.97 Å². The number of non-ortho nitro benzene ring substituents is 1. The van der Waals surface area contributed by atoms with Crippen LogP contribution in [-0.2, 0) is 14.3 Å². The molecule has 3 rings (SSSR count). The normalized spacial score (nSPS) is 11.6. The number of nitro groups is 1. The molecule has 1 N–H and O–H groups in total. The van der Waals surface area contributed by atoms with Crippen LogP contribution < -0.4 is 5.32 Å². The number of nitro benzene ring substituents is 1. The molecular weight excluding hydrogens is 420 g/mol. The molecule has 0 saturated heterocycles. The van der Waals surface area contributed by atoms with Gasteiger partial charge in [0.2, 0.25) is 6.10 Å². The summed E-state index contributed by atoms with van der Waals surface area (Å²) in [5, 5.41) is 13.4. The highest BCUT2D eigenvalue weighted by atomic mass is 35.5. The molecule has 1 amide bonds. The lowest BCUT2D eigenvalue weighted by Crippen LogP contribution is -2.25. The molecule has 0 aromatic heterocycles. The van der Waals surface area contributed by atoms with E-state index in [1.165, 1.54) is 18.2 Å². The van der Waals surface area contributed by atoms with Crippen molar-refractivity contribution in [1.82, 2.24) is 0 Å². The van der Waals surface area contributed by atoms with Crippen molar-refractivity contribution in [1.29, 1.82) is 0 Å². The average molecular weight is 437 g/mol. The molecule has 3 aromatic rings. The SMILES string of the molecule is O=C(/C=C/c1ccccc1)OC(C(=O)Nc1ccc([N+](=O)[O-])cc1Cl)c1ccccc1. The van der Waals surface area contributed by atoms with Crippen molar-refractivity contribution in [3.8, 4) is 0 Å². The van der Waals surface area contributed by atoms with E-state index in [2.05, 4.69) is 5.32 Å². The fraction of sp³-hybridized carbons (Fsp3) is 0.0435. The van der Waals surface area contributed by atoms with Crippen molar-refractivity contribution in [2.24, 2.45) is 0 Å². The third-order valence-electron chi connectivity index (χ3n) is 4.21. The number of nitrogens with zero attached hydrogens (tertiary/aromatic N) is 1. The van der Waals surface area contributed by atoms with Crippen LogP contribution in [0.25, 0.3) is 6.08 Å². The summed E-state index contributed by atoms with van der Waals surface area (Å²) in [6, 6.07) is 21.3.